The van der Waals surface area contributed by atoms with Gasteiger partial charge in [0.1, 0.15) is 11.6 Å². The molecule has 0 bridgehead atoms. The summed E-state index contributed by atoms with van der Waals surface area (Å²) in [4.78, 5) is 13.4. The first-order valence-corrected chi connectivity index (χ1v) is 6.20. The van der Waals surface area contributed by atoms with Crippen LogP contribution in [0.15, 0.2) is 36.4 Å². The summed E-state index contributed by atoms with van der Waals surface area (Å²) in [6.07, 6.45) is 0. The molecule has 0 radical (unpaired) electrons. The number of Topliss-reactive ketones (excluding diaryl/α,β-unsaturated/α-hetero) is 1. The lowest BCUT2D eigenvalue weighted by molar-refractivity contribution is 0.101. The molecular weight excluding hydrogens is 260 g/mol. The molecule has 2 aromatic rings. The fourth-order valence-corrected chi connectivity index (χ4v) is 2.03. The van der Waals surface area contributed by atoms with Gasteiger partial charge in [-0.3, -0.25) is 4.79 Å². The zero-order chi connectivity index (χ0) is 14.9. The van der Waals surface area contributed by atoms with E-state index < -0.39 is 5.82 Å². The molecule has 0 saturated carbocycles. The molecule has 0 aliphatic carbocycles. The van der Waals surface area contributed by atoms with Crippen LogP contribution in [-0.2, 0) is 0 Å². The second-order valence-corrected chi connectivity index (χ2v) is 4.71. The molecule has 0 fully saturated rings. The first-order valence-electron chi connectivity index (χ1n) is 6.20. The van der Waals surface area contributed by atoms with Crippen molar-refractivity contribution >= 4 is 17.2 Å². The van der Waals surface area contributed by atoms with E-state index in [0.29, 0.717) is 16.8 Å². The average molecular weight is 275 g/mol. The molecule has 0 aliphatic rings. The van der Waals surface area contributed by atoms with Gasteiger partial charge in [0.05, 0.1) is 5.69 Å². The van der Waals surface area contributed by atoms with Crippen molar-refractivity contribution in [3.63, 3.8) is 0 Å². The Kier molecular flexibility index (Phi) is 3.84. The molecule has 104 valence electrons. The number of nitrogens with zero attached hydrogens (tertiary/aromatic N) is 1. The maximum absolute atomic E-state index is 13.6. The van der Waals surface area contributed by atoms with Crippen molar-refractivity contribution < 1.29 is 13.6 Å². The van der Waals surface area contributed by atoms with Crippen LogP contribution in [0.3, 0.4) is 0 Å². The summed E-state index contributed by atoms with van der Waals surface area (Å²) in [6, 6.07) is 8.77. The Morgan fingerprint density at radius 3 is 2.25 bits per heavy atom. The Labute approximate surface area is 116 Å². The summed E-state index contributed by atoms with van der Waals surface area (Å²) in [5.41, 5.74) is 2.09. The zero-order valence-electron chi connectivity index (χ0n) is 11.6. The van der Waals surface area contributed by atoms with Crippen molar-refractivity contribution in [1.82, 2.24) is 0 Å². The number of aryl methyl sites for hydroxylation is 1. The number of halogens is 2. The monoisotopic (exact) mass is 275 g/mol. The molecule has 0 aliphatic heterocycles. The van der Waals surface area contributed by atoms with E-state index in [0.717, 1.165) is 5.69 Å². The Hall–Kier alpha value is -2.23. The summed E-state index contributed by atoms with van der Waals surface area (Å²) in [6.45, 7) is 3.04. The van der Waals surface area contributed by atoms with E-state index >= 15 is 0 Å². The minimum atomic E-state index is -0.411. The van der Waals surface area contributed by atoms with Crippen LogP contribution in [0.25, 0.3) is 0 Å². The molecule has 0 unspecified atom stereocenters. The molecule has 0 spiro atoms. The van der Waals surface area contributed by atoms with E-state index in [9.17, 15) is 13.6 Å². The third kappa shape index (κ3) is 2.69. The van der Waals surface area contributed by atoms with Crippen LogP contribution in [0.5, 0.6) is 0 Å². The predicted octanol–water partition coefficient (Wildman–Crippen LogP) is 4.24. The van der Waals surface area contributed by atoms with Gasteiger partial charge in [-0.25, -0.2) is 8.78 Å². The summed E-state index contributed by atoms with van der Waals surface area (Å²) in [5.74, 6) is -0.955. The predicted molar refractivity (Wildman–Crippen MR) is 75.6 cm³/mol. The van der Waals surface area contributed by atoms with E-state index in [-0.39, 0.29) is 11.6 Å². The van der Waals surface area contributed by atoms with Crippen molar-refractivity contribution in [3.05, 3.63) is 59.2 Å². The van der Waals surface area contributed by atoms with Gasteiger partial charge >= 0.3 is 0 Å². The molecule has 20 heavy (non-hydrogen) atoms. The summed E-state index contributed by atoms with van der Waals surface area (Å²) in [5, 5.41) is 0. The van der Waals surface area contributed by atoms with Gasteiger partial charge in [-0.05, 0) is 55.8 Å². The lowest BCUT2D eigenvalue weighted by atomic mass is 10.0. The average Bonchev–Trinajstić information content (AvgIpc) is 2.41. The quantitative estimate of drug-likeness (QED) is 0.781. The number of carbonyl (C=O) groups is 1. The fourth-order valence-electron chi connectivity index (χ4n) is 2.03. The molecule has 0 heterocycles. The van der Waals surface area contributed by atoms with Gasteiger partial charge in [-0.2, -0.15) is 0 Å². The van der Waals surface area contributed by atoms with Gasteiger partial charge in [0.15, 0.2) is 5.78 Å². The molecule has 2 rings (SSSR count). The SMILES string of the molecule is CC(=O)c1cc(F)c(C)cc1N(C)c1ccc(F)cc1. The van der Waals surface area contributed by atoms with Crippen molar-refractivity contribution in [2.45, 2.75) is 13.8 Å². The lowest BCUT2D eigenvalue weighted by Crippen LogP contribution is -2.14. The van der Waals surface area contributed by atoms with Crippen LogP contribution in [0, 0.1) is 18.6 Å². The van der Waals surface area contributed by atoms with Crippen molar-refractivity contribution in [2.75, 3.05) is 11.9 Å². The Morgan fingerprint density at radius 1 is 1.10 bits per heavy atom. The Morgan fingerprint density at radius 2 is 1.70 bits per heavy atom. The number of rotatable bonds is 3. The second kappa shape index (κ2) is 5.41. The maximum Gasteiger partial charge on any atom is 0.162 e. The number of carbonyl (C=O) groups excluding carboxylic acids is 1. The van der Waals surface area contributed by atoms with Crippen LogP contribution in [0.4, 0.5) is 20.2 Å². The number of hydrogen-bond acceptors (Lipinski definition) is 2. The normalized spacial score (nSPS) is 10.4. The topological polar surface area (TPSA) is 20.3 Å². The highest BCUT2D eigenvalue weighted by Crippen LogP contribution is 2.29. The van der Waals surface area contributed by atoms with E-state index in [1.54, 1.807) is 37.1 Å². The fraction of sp³-hybridized carbons (Fsp3) is 0.188. The number of benzene rings is 2. The van der Waals surface area contributed by atoms with Crippen LogP contribution >= 0.6 is 0 Å². The van der Waals surface area contributed by atoms with E-state index in [1.165, 1.54) is 25.1 Å². The number of hydrogen-bond donors (Lipinski definition) is 0. The maximum atomic E-state index is 13.6. The van der Waals surface area contributed by atoms with Gasteiger partial charge in [0.25, 0.3) is 0 Å². The van der Waals surface area contributed by atoms with E-state index in [2.05, 4.69) is 0 Å². The van der Waals surface area contributed by atoms with Crippen LogP contribution in [-0.4, -0.2) is 12.8 Å². The highest BCUT2D eigenvalue weighted by Gasteiger charge is 2.15. The highest BCUT2D eigenvalue weighted by molar-refractivity contribution is 6.00. The number of anilines is 2. The molecule has 4 heteroatoms. The third-order valence-electron chi connectivity index (χ3n) is 3.23. The molecule has 0 atom stereocenters. The minimum absolute atomic E-state index is 0.215. The third-order valence-corrected chi connectivity index (χ3v) is 3.23. The molecule has 0 N–H and O–H groups in total. The molecule has 0 amide bonds. The van der Waals surface area contributed by atoms with Gasteiger partial charge in [0, 0.05) is 18.3 Å². The van der Waals surface area contributed by atoms with Crippen molar-refractivity contribution in [1.29, 1.82) is 0 Å². The van der Waals surface area contributed by atoms with Gasteiger partial charge in [0.2, 0.25) is 0 Å². The first kappa shape index (κ1) is 14.2. The first-order chi connectivity index (χ1) is 9.40. The highest BCUT2D eigenvalue weighted by atomic mass is 19.1. The van der Waals surface area contributed by atoms with Crippen LogP contribution in [0.1, 0.15) is 22.8 Å². The lowest BCUT2D eigenvalue weighted by Gasteiger charge is -2.22. The van der Waals surface area contributed by atoms with Crippen LogP contribution < -0.4 is 4.90 Å². The van der Waals surface area contributed by atoms with Gasteiger partial charge in [-0.15, -0.1) is 0 Å². The molecule has 2 aromatic carbocycles. The molecule has 0 saturated heterocycles. The standard InChI is InChI=1S/C16H15F2NO/c1-10-8-16(14(11(2)20)9-15(10)18)19(3)13-6-4-12(17)5-7-13/h4-9H,1-3H3. The summed E-state index contributed by atoms with van der Waals surface area (Å²) >= 11 is 0. The summed E-state index contributed by atoms with van der Waals surface area (Å²) < 4.78 is 26.6. The second-order valence-electron chi connectivity index (χ2n) is 4.71. The van der Waals surface area contributed by atoms with Crippen molar-refractivity contribution in [3.8, 4) is 0 Å². The molecule has 0 aromatic heterocycles. The smallest absolute Gasteiger partial charge is 0.162 e. The van der Waals surface area contributed by atoms with Crippen LogP contribution in [0.2, 0.25) is 0 Å². The molecule has 2 nitrogen and oxygen atoms in total. The minimum Gasteiger partial charge on any atom is -0.344 e. The van der Waals surface area contributed by atoms with Gasteiger partial charge < -0.3 is 4.90 Å². The largest absolute Gasteiger partial charge is 0.344 e. The Balaban J connectivity index is 2.53. The zero-order valence-corrected chi connectivity index (χ0v) is 11.6. The van der Waals surface area contributed by atoms with Crippen molar-refractivity contribution in [2.24, 2.45) is 0 Å². The summed E-state index contributed by atoms with van der Waals surface area (Å²) in [7, 11) is 1.76. The number of ketones is 1. The Bertz CT molecular complexity index is 650. The molecular formula is C16H15F2NO. The van der Waals surface area contributed by atoms with E-state index in [4.69, 9.17) is 0 Å². The van der Waals surface area contributed by atoms with Gasteiger partial charge in [-0.1, -0.05) is 0 Å². The van der Waals surface area contributed by atoms with E-state index in [1.807, 2.05) is 0 Å².